The Labute approximate surface area is 117 Å². The predicted molar refractivity (Wildman–Crippen MR) is 73.1 cm³/mol. The van der Waals surface area contributed by atoms with Crippen molar-refractivity contribution >= 4 is 12.1 Å². The van der Waals surface area contributed by atoms with Crippen LogP contribution in [0.15, 0.2) is 42.5 Å². The Hall–Kier alpha value is -2.30. The third kappa shape index (κ3) is 2.66. The molecule has 1 aliphatic rings. The van der Waals surface area contributed by atoms with Crippen molar-refractivity contribution in [2.24, 2.45) is 0 Å². The van der Waals surface area contributed by atoms with Crippen LogP contribution in [0.4, 0.5) is 4.79 Å². The number of hydrogen-bond donors (Lipinski definition) is 1. The van der Waals surface area contributed by atoms with Crippen molar-refractivity contribution in [3.05, 3.63) is 48.0 Å². The van der Waals surface area contributed by atoms with Crippen molar-refractivity contribution in [2.45, 2.75) is 25.5 Å². The molecule has 2 rings (SSSR count). The lowest BCUT2D eigenvalue weighted by molar-refractivity contribution is -0.147. The molecule has 0 aromatic heterocycles. The van der Waals surface area contributed by atoms with Crippen LogP contribution < -0.4 is 0 Å². The van der Waals surface area contributed by atoms with Crippen molar-refractivity contribution in [1.82, 2.24) is 4.90 Å². The molecule has 0 spiro atoms. The number of ether oxygens (including phenoxy) is 1. The number of aliphatic carboxylic acids is 1. The standard InChI is InChI=1S/C15H17NO4/c1-11-8-15(2,13(17)18)16(9-11)14(19)20-10-12-6-4-3-5-7-12/h3-7H,1,8-10H2,2H3,(H,17,18)/t15-/m0/s1. The first-order chi connectivity index (χ1) is 9.43. The van der Waals surface area contributed by atoms with Gasteiger partial charge in [0.25, 0.3) is 0 Å². The van der Waals surface area contributed by atoms with E-state index in [0.717, 1.165) is 5.56 Å². The van der Waals surface area contributed by atoms with E-state index >= 15 is 0 Å². The minimum absolute atomic E-state index is 0.123. The van der Waals surface area contributed by atoms with E-state index in [0.29, 0.717) is 5.57 Å². The van der Waals surface area contributed by atoms with Crippen LogP contribution >= 0.6 is 0 Å². The van der Waals surface area contributed by atoms with E-state index in [1.54, 1.807) is 0 Å². The Morgan fingerprint density at radius 2 is 2.05 bits per heavy atom. The second-order valence-electron chi connectivity index (χ2n) is 5.13. The number of rotatable bonds is 3. The first kappa shape index (κ1) is 14.1. The number of carboxylic acids is 1. The van der Waals surface area contributed by atoms with Gasteiger partial charge in [-0.3, -0.25) is 4.90 Å². The lowest BCUT2D eigenvalue weighted by atomic mass is 9.98. The Morgan fingerprint density at radius 1 is 1.40 bits per heavy atom. The average molecular weight is 275 g/mol. The number of carboxylic acid groups (broad SMARTS) is 1. The van der Waals surface area contributed by atoms with Crippen LogP contribution in [0, 0.1) is 0 Å². The quantitative estimate of drug-likeness (QED) is 0.860. The molecule has 1 heterocycles. The van der Waals surface area contributed by atoms with Gasteiger partial charge in [-0.25, -0.2) is 9.59 Å². The first-order valence-electron chi connectivity index (χ1n) is 6.32. The minimum atomic E-state index is -1.27. The highest BCUT2D eigenvalue weighted by Gasteiger charge is 2.48. The van der Waals surface area contributed by atoms with Crippen molar-refractivity contribution < 1.29 is 19.4 Å². The molecule has 0 radical (unpaired) electrons. The van der Waals surface area contributed by atoms with Crippen molar-refractivity contribution in [3.63, 3.8) is 0 Å². The molecule has 0 unspecified atom stereocenters. The molecule has 106 valence electrons. The molecule has 1 saturated heterocycles. The first-order valence-corrected chi connectivity index (χ1v) is 6.32. The van der Waals surface area contributed by atoms with E-state index < -0.39 is 17.6 Å². The zero-order valence-corrected chi connectivity index (χ0v) is 11.3. The van der Waals surface area contributed by atoms with Gasteiger partial charge >= 0.3 is 12.1 Å². The fraction of sp³-hybridized carbons (Fsp3) is 0.333. The third-order valence-corrected chi connectivity index (χ3v) is 3.46. The number of amides is 1. The van der Waals surface area contributed by atoms with Gasteiger partial charge in [-0.05, 0) is 12.5 Å². The third-order valence-electron chi connectivity index (χ3n) is 3.46. The molecule has 1 aromatic carbocycles. The lowest BCUT2D eigenvalue weighted by Crippen LogP contribution is -2.50. The van der Waals surface area contributed by atoms with Gasteiger partial charge in [-0.1, -0.05) is 42.5 Å². The zero-order valence-electron chi connectivity index (χ0n) is 11.3. The van der Waals surface area contributed by atoms with Gasteiger partial charge in [0.15, 0.2) is 0 Å². The predicted octanol–water partition coefficient (Wildman–Crippen LogP) is 2.43. The molecule has 1 atom stereocenters. The molecule has 0 saturated carbocycles. The van der Waals surface area contributed by atoms with Crippen LogP contribution in [0.3, 0.4) is 0 Å². The summed E-state index contributed by atoms with van der Waals surface area (Å²) in [6.07, 6.45) is -0.375. The minimum Gasteiger partial charge on any atom is -0.479 e. The summed E-state index contributed by atoms with van der Waals surface area (Å²) in [7, 11) is 0. The molecule has 5 nitrogen and oxygen atoms in total. The van der Waals surface area contributed by atoms with E-state index in [2.05, 4.69) is 6.58 Å². The lowest BCUT2D eigenvalue weighted by Gasteiger charge is -2.29. The summed E-state index contributed by atoms with van der Waals surface area (Å²) < 4.78 is 5.19. The maximum Gasteiger partial charge on any atom is 0.411 e. The van der Waals surface area contributed by atoms with E-state index in [4.69, 9.17) is 4.74 Å². The molecular weight excluding hydrogens is 258 g/mol. The number of hydrogen-bond acceptors (Lipinski definition) is 3. The Kier molecular flexibility index (Phi) is 3.79. The number of likely N-dealkylation sites (tertiary alicyclic amines) is 1. The van der Waals surface area contributed by atoms with E-state index in [-0.39, 0.29) is 19.6 Å². The molecule has 20 heavy (non-hydrogen) atoms. The molecule has 5 heteroatoms. The summed E-state index contributed by atoms with van der Waals surface area (Å²) in [5.41, 5.74) is 0.299. The van der Waals surface area contributed by atoms with E-state index in [9.17, 15) is 14.7 Å². The molecule has 0 bridgehead atoms. The maximum atomic E-state index is 12.1. The largest absolute Gasteiger partial charge is 0.479 e. The zero-order chi connectivity index (χ0) is 14.8. The van der Waals surface area contributed by atoms with Gasteiger partial charge in [-0.15, -0.1) is 0 Å². The van der Waals surface area contributed by atoms with Crippen molar-refractivity contribution in [3.8, 4) is 0 Å². The smallest absolute Gasteiger partial charge is 0.411 e. The highest BCUT2D eigenvalue weighted by Crippen LogP contribution is 2.32. The van der Waals surface area contributed by atoms with Gasteiger partial charge in [-0.2, -0.15) is 0 Å². The molecule has 1 N–H and O–H groups in total. The Morgan fingerprint density at radius 3 is 2.65 bits per heavy atom. The van der Waals surface area contributed by atoms with Gasteiger partial charge in [0, 0.05) is 13.0 Å². The molecule has 1 aliphatic heterocycles. The Balaban J connectivity index is 2.05. The van der Waals surface area contributed by atoms with Crippen LogP contribution in [0.5, 0.6) is 0 Å². The molecule has 1 aromatic rings. The van der Waals surface area contributed by atoms with Gasteiger partial charge < -0.3 is 9.84 Å². The fourth-order valence-corrected chi connectivity index (χ4v) is 2.29. The monoisotopic (exact) mass is 275 g/mol. The number of nitrogens with zero attached hydrogens (tertiary/aromatic N) is 1. The summed E-state index contributed by atoms with van der Waals surface area (Å²) in [6.45, 7) is 5.62. The fourth-order valence-electron chi connectivity index (χ4n) is 2.29. The topological polar surface area (TPSA) is 66.8 Å². The molecule has 0 aliphatic carbocycles. The highest BCUT2D eigenvalue weighted by atomic mass is 16.6. The van der Waals surface area contributed by atoms with E-state index in [1.807, 2.05) is 30.3 Å². The molecule has 1 fully saturated rings. The summed E-state index contributed by atoms with van der Waals surface area (Å²) in [5, 5.41) is 9.30. The molecular formula is C15H17NO4. The number of benzene rings is 1. The van der Waals surface area contributed by atoms with E-state index in [1.165, 1.54) is 11.8 Å². The SMILES string of the molecule is C=C1CN(C(=O)OCc2ccccc2)[C@](C)(C(=O)O)C1. The summed E-state index contributed by atoms with van der Waals surface area (Å²) in [5.74, 6) is -1.05. The van der Waals surface area contributed by atoms with Gasteiger partial charge in [0.1, 0.15) is 12.1 Å². The van der Waals surface area contributed by atoms with Gasteiger partial charge in [0.2, 0.25) is 0 Å². The summed E-state index contributed by atoms with van der Waals surface area (Å²) >= 11 is 0. The van der Waals surface area contributed by atoms with Crippen molar-refractivity contribution in [2.75, 3.05) is 6.54 Å². The van der Waals surface area contributed by atoms with Crippen LogP contribution in [0.25, 0.3) is 0 Å². The average Bonchev–Trinajstić information content (AvgIpc) is 2.74. The second-order valence-corrected chi connectivity index (χ2v) is 5.13. The number of carbonyl (C=O) groups is 2. The Bertz CT molecular complexity index is 540. The second kappa shape index (κ2) is 5.36. The number of carbonyl (C=O) groups excluding carboxylic acids is 1. The van der Waals surface area contributed by atoms with Crippen LogP contribution in [0.2, 0.25) is 0 Å². The van der Waals surface area contributed by atoms with Crippen LogP contribution in [-0.2, 0) is 16.1 Å². The highest BCUT2D eigenvalue weighted by molar-refractivity contribution is 5.85. The summed E-state index contributed by atoms with van der Waals surface area (Å²) in [4.78, 5) is 24.7. The van der Waals surface area contributed by atoms with Crippen LogP contribution in [0.1, 0.15) is 18.9 Å². The van der Waals surface area contributed by atoms with Crippen molar-refractivity contribution in [1.29, 1.82) is 0 Å². The maximum absolute atomic E-state index is 12.1. The molecule has 1 amide bonds. The normalized spacial score (nSPS) is 21.9. The summed E-state index contributed by atoms with van der Waals surface area (Å²) in [6, 6.07) is 9.25. The van der Waals surface area contributed by atoms with Crippen LogP contribution in [-0.4, -0.2) is 34.2 Å². The van der Waals surface area contributed by atoms with Gasteiger partial charge in [0.05, 0.1) is 0 Å².